The molecule has 0 aliphatic heterocycles. The second-order valence-corrected chi connectivity index (χ2v) is 6.39. The number of aliphatic hydroxyl groups excluding tert-OH is 1. The molecule has 0 aliphatic rings. The van der Waals surface area contributed by atoms with Crippen LogP contribution in [0.3, 0.4) is 0 Å². The van der Waals surface area contributed by atoms with Crippen LogP contribution in [0.25, 0.3) is 11.1 Å². The Bertz CT molecular complexity index is 610. The molecule has 3 nitrogen and oxygen atoms in total. The number of nitrogens with one attached hydrogen (secondary N) is 1. The summed E-state index contributed by atoms with van der Waals surface area (Å²) in [4.78, 5) is 0. The van der Waals surface area contributed by atoms with Crippen LogP contribution in [0.15, 0.2) is 48.5 Å². The van der Waals surface area contributed by atoms with Crippen LogP contribution >= 0.6 is 11.8 Å². The van der Waals surface area contributed by atoms with Crippen molar-refractivity contribution in [3.8, 4) is 11.1 Å². The molecule has 21 heavy (non-hydrogen) atoms. The van der Waals surface area contributed by atoms with E-state index in [-0.39, 0.29) is 17.7 Å². The Kier molecular flexibility index (Phi) is 5.42. The molecule has 0 saturated heterocycles. The monoisotopic (exact) mass is 300 g/mol. The number of hydrogen-bond donors (Lipinski definition) is 3. The molecule has 0 spiro atoms. The molecular formula is C17H20N2OS. The molecule has 2 aromatic rings. The average Bonchev–Trinajstić information content (AvgIpc) is 2.53. The van der Waals surface area contributed by atoms with Crippen molar-refractivity contribution in [3.05, 3.63) is 59.7 Å². The maximum atomic E-state index is 9.04. The third-order valence-electron chi connectivity index (χ3n) is 3.27. The molecule has 0 aliphatic carbocycles. The van der Waals surface area contributed by atoms with E-state index < -0.39 is 0 Å². The highest BCUT2D eigenvalue weighted by molar-refractivity contribution is 7.99. The van der Waals surface area contributed by atoms with Gasteiger partial charge in [-0.1, -0.05) is 55.5 Å². The van der Waals surface area contributed by atoms with E-state index in [0.29, 0.717) is 0 Å². The first-order valence-electron chi connectivity index (χ1n) is 6.87. The summed E-state index contributed by atoms with van der Waals surface area (Å²) in [7, 11) is 0. The summed E-state index contributed by atoms with van der Waals surface area (Å²) in [5.41, 5.74) is 9.66. The number of hydrogen-bond acceptors (Lipinski definition) is 3. The van der Waals surface area contributed by atoms with E-state index in [2.05, 4.69) is 24.3 Å². The van der Waals surface area contributed by atoms with Crippen molar-refractivity contribution >= 4 is 17.6 Å². The van der Waals surface area contributed by atoms with Gasteiger partial charge in [-0.3, -0.25) is 5.41 Å². The lowest BCUT2D eigenvalue weighted by molar-refractivity contribution is 0.300. The molecule has 4 N–H and O–H groups in total. The predicted octanol–water partition coefficient (Wildman–Crippen LogP) is 3.25. The molecule has 0 amide bonds. The highest BCUT2D eigenvalue weighted by atomic mass is 32.2. The first-order chi connectivity index (χ1) is 10.1. The Morgan fingerprint density at radius 1 is 1.19 bits per heavy atom. The van der Waals surface area contributed by atoms with E-state index in [0.717, 1.165) is 22.4 Å². The SMILES string of the molecule is CC(CO)SCc1ccc(-c2ccccc2C(=N)N)cc1. The first-order valence-corrected chi connectivity index (χ1v) is 7.92. The van der Waals surface area contributed by atoms with Crippen molar-refractivity contribution in [1.82, 2.24) is 0 Å². The zero-order chi connectivity index (χ0) is 15.2. The molecule has 1 unspecified atom stereocenters. The summed E-state index contributed by atoms with van der Waals surface area (Å²) in [6, 6.07) is 16.0. The summed E-state index contributed by atoms with van der Waals surface area (Å²) >= 11 is 1.74. The van der Waals surface area contributed by atoms with E-state index in [1.54, 1.807) is 11.8 Å². The number of thioether (sulfide) groups is 1. The normalized spacial score (nSPS) is 12.1. The minimum absolute atomic E-state index is 0.0852. The molecule has 0 fully saturated rings. The zero-order valence-corrected chi connectivity index (χ0v) is 12.9. The Hall–Kier alpha value is -1.78. The topological polar surface area (TPSA) is 70.1 Å². The Balaban J connectivity index is 2.18. The van der Waals surface area contributed by atoms with Gasteiger partial charge in [0.2, 0.25) is 0 Å². The van der Waals surface area contributed by atoms with Crippen LogP contribution in [-0.2, 0) is 5.75 Å². The molecule has 1 atom stereocenters. The van der Waals surface area contributed by atoms with Gasteiger partial charge in [0.25, 0.3) is 0 Å². The molecule has 0 heterocycles. The van der Waals surface area contributed by atoms with Crippen LogP contribution in [0.5, 0.6) is 0 Å². The maximum Gasteiger partial charge on any atom is 0.123 e. The number of nitrogen functional groups attached to an aromatic ring is 1. The second kappa shape index (κ2) is 7.29. The largest absolute Gasteiger partial charge is 0.395 e. The molecule has 4 heteroatoms. The lowest BCUT2D eigenvalue weighted by atomic mass is 9.98. The van der Waals surface area contributed by atoms with Gasteiger partial charge in [-0.25, -0.2) is 0 Å². The molecule has 0 bridgehead atoms. The number of rotatable bonds is 6. The molecule has 0 radical (unpaired) electrons. The fourth-order valence-electron chi connectivity index (χ4n) is 2.04. The summed E-state index contributed by atoms with van der Waals surface area (Å²) in [6.45, 7) is 2.22. The highest BCUT2D eigenvalue weighted by Crippen LogP contribution is 2.25. The van der Waals surface area contributed by atoms with Crippen LogP contribution in [0.2, 0.25) is 0 Å². The third-order valence-corrected chi connectivity index (χ3v) is 4.49. The zero-order valence-electron chi connectivity index (χ0n) is 12.0. The van der Waals surface area contributed by atoms with Crippen LogP contribution in [-0.4, -0.2) is 22.8 Å². The van der Waals surface area contributed by atoms with Crippen molar-refractivity contribution in [2.45, 2.75) is 17.9 Å². The summed E-state index contributed by atoms with van der Waals surface area (Å²) in [5.74, 6) is 0.970. The highest BCUT2D eigenvalue weighted by Gasteiger charge is 2.07. The standard InChI is InChI=1S/C17H20N2OS/c1-12(10-20)21-11-13-6-8-14(9-7-13)15-4-2-3-5-16(15)17(18)19/h2-9,12,20H,10-11H2,1H3,(H3,18,19). The van der Waals surface area contributed by atoms with Gasteiger partial charge in [-0.15, -0.1) is 0 Å². The van der Waals surface area contributed by atoms with Gasteiger partial charge in [0.1, 0.15) is 5.84 Å². The molecule has 2 rings (SSSR count). The van der Waals surface area contributed by atoms with E-state index in [4.69, 9.17) is 16.2 Å². The van der Waals surface area contributed by atoms with Crippen LogP contribution in [0, 0.1) is 5.41 Å². The molecule has 0 saturated carbocycles. The van der Waals surface area contributed by atoms with Crippen molar-refractivity contribution in [1.29, 1.82) is 5.41 Å². The fraction of sp³-hybridized carbons (Fsp3) is 0.235. The van der Waals surface area contributed by atoms with Crippen molar-refractivity contribution in [2.75, 3.05) is 6.61 Å². The van der Waals surface area contributed by atoms with E-state index >= 15 is 0 Å². The minimum Gasteiger partial charge on any atom is -0.395 e. The van der Waals surface area contributed by atoms with Gasteiger partial charge in [-0.05, 0) is 16.7 Å². The Labute approximate surface area is 129 Å². The Morgan fingerprint density at radius 2 is 1.86 bits per heavy atom. The average molecular weight is 300 g/mol. The quantitative estimate of drug-likeness (QED) is 0.566. The van der Waals surface area contributed by atoms with Gasteiger partial charge >= 0.3 is 0 Å². The van der Waals surface area contributed by atoms with Crippen LogP contribution < -0.4 is 5.73 Å². The lowest BCUT2D eigenvalue weighted by Gasteiger charge is -2.10. The molecule has 0 aromatic heterocycles. The second-order valence-electron chi connectivity index (χ2n) is 4.96. The number of nitrogens with two attached hydrogens (primary N) is 1. The minimum atomic E-state index is 0.0852. The van der Waals surface area contributed by atoms with Gasteiger partial charge in [0.15, 0.2) is 0 Å². The van der Waals surface area contributed by atoms with E-state index in [1.165, 1.54) is 5.56 Å². The van der Waals surface area contributed by atoms with Crippen LogP contribution in [0.1, 0.15) is 18.1 Å². The number of benzene rings is 2. The van der Waals surface area contributed by atoms with Crippen LogP contribution in [0.4, 0.5) is 0 Å². The number of aliphatic hydroxyl groups is 1. The summed E-state index contributed by atoms with van der Waals surface area (Å²) in [5, 5.41) is 16.9. The summed E-state index contributed by atoms with van der Waals surface area (Å²) < 4.78 is 0. The lowest BCUT2D eigenvalue weighted by Crippen LogP contribution is -2.12. The van der Waals surface area contributed by atoms with Gasteiger partial charge < -0.3 is 10.8 Å². The van der Waals surface area contributed by atoms with E-state index in [1.807, 2.05) is 31.2 Å². The number of amidine groups is 1. The Morgan fingerprint density at radius 3 is 2.48 bits per heavy atom. The molecular weight excluding hydrogens is 280 g/mol. The predicted molar refractivity (Wildman–Crippen MR) is 90.7 cm³/mol. The molecule has 110 valence electrons. The molecule has 2 aromatic carbocycles. The third kappa shape index (κ3) is 4.09. The maximum absolute atomic E-state index is 9.04. The van der Waals surface area contributed by atoms with Crippen molar-refractivity contribution in [2.24, 2.45) is 5.73 Å². The fourth-order valence-corrected chi connectivity index (χ4v) is 2.82. The first kappa shape index (κ1) is 15.6. The van der Waals surface area contributed by atoms with Gasteiger partial charge in [0.05, 0.1) is 6.61 Å². The van der Waals surface area contributed by atoms with E-state index in [9.17, 15) is 0 Å². The van der Waals surface area contributed by atoms with Gasteiger partial charge in [0, 0.05) is 16.6 Å². The van der Waals surface area contributed by atoms with Crippen molar-refractivity contribution in [3.63, 3.8) is 0 Å². The summed E-state index contributed by atoms with van der Waals surface area (Å²) in [6.07, 6.45) is 0. The van der Waals surface area contributed by atoms with Crippen molar-refractivity contribution < 1.29 is 5.11 Å². The van der Waals surface area contributed by atoms with Gasteiger partial charge in [-0.2, -0.15) is 11.8 Å². The smallest absolute Gasteiger partial charge is 0.123 e.